The molecule has 0 aromatic carbocycles. The van der Waals surface area contributed by atoms with Crippen LogP contribution in [-0.2, 0) is 6.42 Å². The van der Waals surface area contributed by atoms with Crippen LogP contribution in [0.5, 0.6) is 0 Å². The molecule has 3 rings (SSSR count). The monoisotopic (exact) mass is 250 g/mol. The number of hydrogen-bond acceptors (Lipinski definition) is 3. The molecule has 1 saturated carbocycles. The Kier molecular flexibility index (Phi) is 3.24. The first kappa shape index (κ1) is 11.7. The van der Waals surface area contributed by atoms with Crippen LogP contribution in [0.25, 0.3) is 0 Å². The third-order valence-electron chi connectivity index (χ3n) is 4.53. The minimum Gasteiger partial charge on any atom is -0.328 e. The van der Waals surface area contributed by atoms with Crippen molar-refractivity contribution in [3.63, 3.8) is 0 Å². The highest BCUT2D eigenvalue weighted by Crippen LogP contribution is 2.36. The van der Waals surface area contributed by atoms with Gasteiger partial charge in [0.2, 0.25) is 0 Å². The quantitative estimate of drug-likeness (QED) is 0.830. The summed E-state index contributed by atoms with van der Waals surface area (Å²) in [6.07, 6.45) is 6.27. The van der Waals surface area contributed by atoms with Gasteiger partial charge in [-0.05, 0) is 56.0 Å². The molecule has 1 aromatic heterocycles. The van der Waals surface area contributed by atoms with E-state index in [1.807, 2.05) is 11.3 Å². The summed E-state index contributed by atoms with van der Waals surface area (Å²) in [4.78, 5) is 4.34. The Bertz CT molecular complexity index is 379. The summed E-state index contributed by atoms with van der Waals surface area (Å²) in [5.41, 5.74) is 7.58. The first-order valence-corrected chi connectivity index (χ1v) is 7.71. The second-order valence-corrected chi connectivity index (χ2v) is 6.53. The molecule has 1 unspecified atom stereocenters. The van der Waals surface area contributed by atoms with Crippen LogP contribution >= 0.6 is 11.3 Å². The fourth-order valence-electron chi connectivity index (χ4n) is 3.46. The lowest BCUT2D eigenvalue weighted by Crippen LogP contribution is -2.44. The lowest BCUT2D eigenvalue weighted by molar-refractivity contribution is 0.101. The van der Waals surface area contributed by atoms with Gasteiger partial charge < -0.3 is 5.73 Å². The Morgan fingerprint density at radius 1 is 1.29 bits per heavy atom. The molecule has 2 aliphatic rings. The van der Waals surface area contributed by atoms with E-state index in [4.69, 9.17) is 5.73 Å². The number of thiophene rings is 1. The SMILES string of the molecule is CC1c2ccsc2CCN1C1CCC(N)CC1. The molecule has 2 nitrogen and oxygen atoms in total. The molecule has 2 N–H and O–H groups in total. The maximum absolute atomic E-state index is 6.00. The standard InChI is InChI=1S/C14H22N2S/c1-10-13-7-9-17-14(13)6-8-16(10)12-4-2-11(15)3-5-12/h7,9-12H,2-6,8,15H2,1H3. The number of fused-ring (bicyclic) bond motifs is 1. The fourth-order valence-corrected chi connectivity index (χ4v) is 4.42. The van der Waals surface area contributed by atoms with Crippen molar-refractivity contribution in [1.29, 1.82) is 0 Å². The molecular weight excluding hydrogens is 228 g/mol. The van der Waals surface area contributed by atoms with Gasteiger partial charge in [0.05, 0.1) is 0 Å². The Morgan fingerprint density at radius 3 is 2.82 bits per heavy atom. The van der Waals surface area contributed by atoms with Gasteiger partial charge in [-0.1, -0.05) is 0 Å². The lowest BCUT2D eigenvalue weighted by Gasteiger charge is -2.42. The van der Waals surface area contributed by atoms with Crippen molar-refractivity contribution in [2.24, 2.45) is 5.73 Å². The zero-order chi connectivity index (χ0) is 11.8. The van der Waals surface area contributed by atoms with Gasteiger partial charge in [-0.25, -0.2) is 0 Å². The Labute approximate surface area is 108 Å². The number of hydrogen-bond donors (Lipinski definition) is 1. The first-order valence-electron chi connectivity index (χ1n) is 6.83. The van der Waals surface area contributed by atoms with Gasteiger partial charge >= 0.3 is 0 Å². The van der Waals surface area contributed by atoms with Crippen LogP contribution in [-0.4, -0.2) is 23.5 Å². The Morgan fingerprint density at radius 2 is 2.06 bits per heavy atom. The van der Waals surface area contributed by atoms with Crippen LogP contribution in [0.2, 0.25) is 0 Å². The van der Waals surface area contributed by atoms with Gasteiger partial charge in [0, 0.05) is 29.5 Å². The number of rotatable bonds is 1. The van der Waals surface area contributed by atoms with E-state index < -0.39 is 0 Å². The van der Waals surface area contributed by atoms with Gasteiger partial charge in [-0.15, -0.1) is 11.3 Å². The van der Waals surface area contributed by atoms with Crippen LogP contribution in [0.1, 0.15) is 49.1 Å². The van der Waals surface area contributed by atoms with Crippen LogP contribution in [0.3, 0.4) is 0 Å². The maximum atomic E-state index is 6.00. The molecule has 17 heavy (non-hydrogen) atoms. The minimum atomic E-state index is 0.461. The molecule has 1 aliphatic carbocycles. The van der Waals surface area contributed by atoms with Gasteiger partial charge in [0.1, 0.15) is 0 Å². The largest absolute Gasteiger partial charge is 0.328 e. The van der Waals surface area contributed by atoms with Gasteiger partial charge in [-0.2, -0.15) is 0 Å². The molecule has 1 fully saturated rings. The van der Waals surface area contributed by atoms with E-state index in [0.717, 1.165) is 6.04 Å². The summed E-state index contributed by atoms with van der Waals surface area (Å²) in [7, 11) is 0. The van der Waals surface area contributed by atoms with Crippen molar-refractivity contribution in [3.8, 4) is 0 Å². The van der Waals surface area contributed by atoms with Crippen LogP contribution in [0.4, 0.5) is 0 Å². The number of nitrogens with zero attached hydrogens (tertiary/aromatic N) is 1. The lowest BCUT2D eigenvalue weighted by atomic mass is 9.88. The van der Waals surface area contributed by atoms with Crippen LogP contribution < -0.4 is 5.73 Å². The van der Waals surface area contributed by atoms with Gasteiger partial charge in [-0.3, -0.25) is 4.90 Å². The molecule has 0 spiro atoms. The zero-order valence-corrected chi connectivity index (χ0v) is 11.4. The van der Waals surface area contributed by atoms with E-state index in [2.05, 4.69) is 23.3 Å². The Hall–Kier alpha value is -0.380. The van der Waals surface area contributed by atoms with Gasteiger partial charge in [0.15, 0.2) is 0 Å². The van der Waals surface area contributed by atoms with E-state index in [-0.39, 0.29) is 0 Å². The van der Waals surface area contributed by atoms with E-state index in [1.165, 1.54) is 38.6 Å². The normalized spacial score (nSPS) is 34.6. The zero-order valence-electron chi connectivity index (χ0n) is 10.6. The molecular formula is C14H22N2S. The summed E-state index contributed by atoms with van der Waals surface area (Å²) in [6.45, 7) is 3.62. The average Bonchev–Trinajstić information content (AvgIpc) is 2.80. The van der Waals surface area contributed by atoms with Crippen molar-refractivity contribution in [2.75, 3.05) is 6.54 Å². The number of nitrogens with two attached hydrogens (primary N) is 1. The first-order chi connectivity index (χ1) is 8.25. The molecule has 0 saturated heterocycles. The van der Waals surface area contributed by atoms with E-state index in [1.54, 1.807) is 10.4 Å². The summed E-state index contributed by atoms with van der Waals surface area (Å²) in [5.74, 6) is 0. The highest BCUT2D eigenvalue weighted by molar-refractivity contribution is 7.10. The van der Waals surface area contributed by atoms with Crippen molar-refractivity contribution in [3.05, 3.63) is 21.9 Å². The summed E-state index contributed by atoms with van der Waals surface area (Å²) in [5, 5.41) is 2.25. The molecule has 0 amide bonds. The minimum absolute atomic E-state index is 0.461. The highest BCUT2D eigenvalue weighted by Gasteiger charge is 2.31. The smallest absolute Gasteiger partial charge is 0.0333 e. The van der Waals surface area contributed by atoms with Gasteiger partial charge in [0.25, 0.3) is 0 Å². The highest BCUT2D eigenvalue weighted by atomic mass is 32.1. The second kappa shape index (κ2) is 4.71. The van der Waals surface area contributed by atoms with Crippen molar-refractivity contribution in [2.45, 2.75) is 57.2 Å². The average molecular weight is 250 g/mol. The third kappa shape index (κ3) is 2.16. The molecule has 2 heterocycles. The molecule has 1 aliphatic heterocycles. The molecule has 0 radical (unpaired) electrons. The van der Waals surface area contributed by atoms with Crippen LogP contribution in [0.15, 0.2) is 11.4 Å². The summed E-state index contributed by atoms with van der Waals surface area (Å²) >= 11 is 1.93. The summed E-state index contributed by atoms with van der Waals surface area (Å²) < 4.78 is 0. The topological polar surface area (TPSA) is 29.3 Å². The predicted molar refractivity (Wildman–Crippen MR) is 73.4 cm³/mol. The predicted octanol–water partition coefficient (Wildman–Crippen LogP) is 2.94. The molecule has 3 heteroatoms. The Balaban J connectivity index is 1.73. The molecule has 1 atom stereocenters. The third-order valence-corrected chi connectivity index (χ3v) is 5.53. The van der Waals surface area contributed by atoms with Crippen molar-refractivity contribution >= 4 is 11.3 Å². The molecule has 94 valence electrons. The van der Waals surface area contributed by atoms with E-state index in [9.17, 15) is 0 Å². The van der Waals surface area contributed by atoms with Crippen LogP contribution in [0, 0.1) is 0 Å². The summed E-state index contributed by atoms with van der Waals surface area (Å²) in [6, 6.07) is 4.18. The molecule has 1 aromatic rings. The maximum Gasteiger partial charge on any atom is 0.0333 e. The van der Waals surface area contributed by atoms with Crippen molar-refractivity contribution < 1.29 is 0 Å². The van der Waals surface area contributed by atoms with E-state index in [0.29, 0.717) is 12.1 Å². The van der Waals surface area contributed by atoms with E-state index >= 15 is 0 Å². The second-order valence-electron chi connectivity index (χ2n) is 5.53. The van der Waals surface area contributed by atoms with Crippen molar-refractivity contribution in [1.82, 2.24) is 4.90 Å². The molecule has 0 bridgehead atoms. The fraction of sp³-hybridized carbons (Fsp3) is 0.714.